The van der Waals surface area contributed by atoms with Gasteiger partial charge < -0.3 is 9.26 Å². The first-order chi connectivity index (χ1) is 9.79. The van der Waals surface area contributed by atoms with E-state index >= 15 is 0 Å². The lowest BCUT2D eigenvalue weighted by molar-refractivity contribution is 0.0384. The van der Waals surface area contributed by atoms with Crippen molar-refractivity contribution >= 4 is 11.6 Å². The quantitative estimate of drug-likeness (QED) is 0.758. The van der Waals surface area contributed by atoms with E-state index in [1.165, 1.54) is 0 Å². The third kappa shape index (κ3) is 2.86. The second-order valence-corrected chi connectivity index (χ2v) is 5.41. The zero-order valence-electron chi connectivity index (χ0n) is 11.3. The largest absolute Gasteiger partial charge is 0.370 e. The van der Waals surface area contributed by atoms with Crippen LogP contribution in [0.1, 0.15) is 48.5 Å². The SMILES string of the molecule is CCOC(c1noc(C(Cl)c2ccccc2)n1)C1CC1. The molecule has 0 N–H and O–H groups in total. The van der Waals surface area contributed by atoms with Crippen LogP contribution in [0.3, 0.4) is 0 Å². The summed E-state index contributed by atoms with van der Waals surface area (Å²) in [6.07, 6.45) is 2.27. The fraction of sp³-hybridized carbons (Fsp3) is 0.467. The van der Waals surface area contributed by atoms with E-state index in [9.17, 15) is 0 Å². The Morgan fingerprint density at radius 2 is 2.10 bits per heavy atom. The zero-order valence-corrected chi connectivity index (χ0v) is 12.1. The number of rotatable bonds is 6. The fourth-order valence-electron chi connectivity index (χ4n) is 2.23. The van der Waals surface area contributed by atoms with Gasteiger partial charge in [0.05, 0.1) is 0 Å². The van der Waals surface area contributed by atoms with Gasteiger partial charge in [-0.05, 0) is 31.2 Å². The molecule has 4 nitrogen and oxygen atoms in total. The van der Waals surface area contributed by atoms with Crippen molar-refractivity contribution in [1.82, 2.24) is 10.1 Å². The molecule has 106 valence electrons. The van der Waals surface area contributed by atoms with Gasteiger partial charge in [0, 0.05) is 6.61 Å². The lowest BCUT2D eigenvalue weighted by Crippen LogP contribution is -2.08. The summed E-state index contributed by atoms with van der Waals surface area (Å²) in [5.41, 5.74) is 0.948. The van der Waals surface area contributed by atoms with Crippen molar-refractivity contribution in [3.8, 4) is 0 Å². The van der Waals surface area contributed by atoms with Crippen LogP contribution in [0.15, 0.2) is 34.9 Å². The predicted octanol–water partition coefficient (Wildman–Crippen LogP) is 3.89. The van der Waals surface area contributed by atoms with Crippen LogP contribution in [-0.2, 0) is 4.74 Å². The van der Waals surface area contributed by atoms with Crippen LogP contribution < -0.4 is 0 Å². The van der Waals surface area contributed by atoms with Gasteiger partial charge in [-0.15, -0.1) is 11.6 Å². The molecule has 5 heteroatoms. The molecule has 0 radical (unpaired) electrons. The predicted molar refractivity (Wildman–Crippen MR) is 75.5 cm³/mol. The molecule has 20 heavy (non-hydrogen) atoms. The third-order valence-electron chi connectivity index (χ3n) is 3.42. The van der Waals surface area contributed by atoms with E-state index in [1.807, 2.05) is 37.3 Å². The Morgan fingerprint density at radius 1 is 1.35 bits per heavy atom. The van der Waals surface area contributed by atoms with Crippen molar-refractivity contribution in [2.45, 2.75) is 31.2 Å². The zero-order chi connectivity index (χ0) is 13.9. The number of hydrogen-bond acceptors (Lipinski definition) is 4. The first kappa shape index (κ1) is 13.6. The minimum Gasteiger partial charge on any atom is -0.370 e. The summed E-state index contributed by atoms with van der Waals surface area (Å²) < 4.78 is 11.0. The number of benzene rings is 1. The Balaban J connectivity index is 1.79. The van der Waals surface area contributed by atoms with Gasteiger partial charge in [-0.25, -0.2) is 0 Å². The number of ether oxygens (including phenoxy) is 1. The fourth-order valence-corrected chi connectivity index (χ4v) is 2.46. The summed E-state index contributed by atoms with van der Waals surface area (Å²) in [4.78, 5) is 4.43. The van der Waals surface area contributed by atoms with Gasteiger partial charge in [-0.3, -0.25) is 0 Å². The maximum atomic E-state index is 6.38. The molecule has 3 rings (SSSR count). The van der Waals surface area contributed by atoms with Gasteiger partial charge in [0.2, 0.25) is 11.7 Å². The molecule has 1 aromatic heterocycles. The molecule has 1 aromatic carbocycles. The Bertz CT molecular complexity index is 554. The first-order valence-electron chi connectivity index (χ1n) is 6.93. The van der Waals surface area contributed by atoms with Gasteiger partial charge in [0.25, 0.3) is 0 Å². The molecule has 0 saturated heterocycles. The highest BCUT2D eigenvalue weighted by Crippen LogP contribution is 2.42. The standard InChI is InChI=1S/C15H17ClN2O2/c1-2-19-13(11-8-9-11)14-17-15(20-18-14)12(16)10-6-4-3-5-7-10/h3-7,11-13H,2,8-9H2,1H3. The van der Waals surface area contributed by atoms with Crippen molar-refractivity contribution < 1.29 is 9.26 Å². The molecular formula is C15H17ClN2O2. The molecule has 1 heterocycles. The summed E-state index contributed by atoms with van der Waals surface area (Å²) in [6.45, 7) is 2.62. The molecule has 1 fully saturated rings. The molecule has 2 unspecified atom stereocenters. The van der Waals surface area contributed by atoms with Crippen LogP contribution in [0.2, 0.25) is 0 Å². The molecule has 0 spiro atoms. The third-order valence-corrected chi connectivity index (χ3v) is 3.86. The smallest absolute Gasteiger partial charge is 0.249 e. The van der Waals surface area contributed by atoms with Gasteiger partial charge >= 0.3 is 0 Å². The topological polar surface area (TPSA) is 48.2 Å². The minimum absolute atomic E-state index is 0.0582. The molecule has 1 aliphatic carbocycles. The summed E-state index contributed by atoms with van der Waals surface area (Å²) in [6, 6.07) is 9.72. The lowest BCUT2D eigenvalue weighted by atomic mass is 10.1. The molecule has 0 aliphatic heterocycles. The van der Waals surface area contributed by atoms with Crippen molar-refractivity contribution in [2.24, 2.45) is 5.92 Å². The Kier molecular flexibility index (Phi) is 4.03. The number of hydrogen-bond donors (Lipinski definition) is 0. The normalized spacial score (nSPS) is 17.9. The van der Waals surface area contributed by atoms with Crippen molar-refractivity contribution in [2.75, 3.05) is 6.61 Å². The molecular weight excluding hydrogens is 276 g/mol. The van der Waals surface area contributed by atoms with Gasteiger partial charge in [0.1, 0.15) is 11.5 Å². The summed E-state index contributed by atoms with van der Waals surface area (Å²) >= 11 is 6.38. The Morgan fingerprint density at radius 3 is 2.75 bits per heavy atom. The summed E-state index contributed by atoms with van der Waals surface area (Å²) in [7, 11) is 0. The van der Waals surface area contributed by atoms with Crippen LogP contribution in [-0.4, -0.2) is 16.7 Å². The molecule has 0 amide bonds. The second-order valence-electron chi connectivity index (χ2n) is 4.98. The highest BCUT2D eigenvalue weighted by Gasteiger charge is 2.36. The minimum atomic E-state index is -0.418. The van der Waals surface area contributed by atoms with E-state index in [0.29, 0.717) is 24.2 Å². The highest BCUT2D eigenvalue weighted by atomic mass is 35.5. The van der Waals surface area contributed by atoms with E-state index in [-0.39, 0.29) is 6.10 Å². The van der Waals surface area contributed by atoms with Crippen molar-refractivity contribution in [3.05, 3.63) is 47.6 Å². The summed E-state index contributed by atoms with van der Waals surface area (Å²) in [5, 5.41) is 3.63. The molecule has 0 bridgehead atoms. The number of nitrogens with zero attached hydrogens (tertiary/aromatic N) is 2. The maximum Gasteiger partial charge on any atom is 0.249 e. The highest BCUT2D eigenvalue weighted by molar-refractivity contribution is 6.22. The maximum absolute atomic E-state index is 6.38. The van der Waals surface area contributed by atoms with Gasteiger partial charge in [0.15, 0.2) is 0 Å². The molecule has 2 atom stereocenters. The van der Waals surface area contributed by atoms with Gasteiger partial charge in [-0.2, -0.15) is 4.98 Å². The van der Waals surface area contributed by atoms with Crippen molar-refractivity contribution in [3.63, 3.8) is 0 Å². The number of alkyl halides is 1. The van der Waals surface area contributed by atoms with Crippen LogP contribution >= 0.6 is 11.6 Å². The average molecular weight is 293 g/mol. The Hall–Kier alpha value is -1.39. The Labute approximate surface area is 123 Å². The molecule has 2 aromatic rings. The first-order valence-corrected chi connectivity index (χ1v) is 7.37. The van der Waals surface area contributed by atoms with E-state index in [4.69, 9.17) is 20.9 Å². The second kappa shape index (κ2) is 5.94. The van der Waals surface area contributed by atoms with E-state index in [0.717, 1.165) is 18.4 Å². The average Bonchev–Trinajstić information content (AvgIpc) is 3.21. The van der Waals surface area contributed by atoms with E-state index < -0.39 is 5.38 Å². The lowest BCUT2D eigenvalue weighted by Gasteiger charge is -2.11. The van der Waals surface area contributed by atoms with E-state index in [2.05, 4.69) is 10.1 Å². The molecule has 1 saturated carbocycles. The molecule has 1 aliphatic rings. The van der Waals surface area contributed by atoms with Gasteiger partial charge in [-0.1, -0.05) is 35.5 Å². The summed E-state index contributed by atoms with van der Waals surface area (Å²) in [5.74, 6) is 1.56. The van der Waals surface area contributed by atoms with Crippen LogP contribution in [0, 0.1) is 5.92 Å². The monoisotopic (exact) mass is 292 g/mol. The number of aromatic nitrogens is 2. The number of halogens is 1. The van der Waals surface area contributed by atoms with Crippen LogP contribution in [0.25, 0.3) is 0 Å². The van der Waals surface area contributed by atoms with Crippen molar-refractivity contribution in [1.29, 1.82) is 0 Å². The van der Waals surface area contributed by atoms with Crippen LogP contribution in [0.5, 0.6) is 0 Å². The van der Waals surface area contributed by atoms with Crippen LogP contribution in [0.4, 0.5) is 0 Å². The van der Waals surface area contributed by atoms with E-state index in [1.54, 1.807) is 0 Å².